The molecule has 1 N–H and O–H groups in total. The number of nitro groups is 1. The van der Waals surface area contributed by atoms with Crippen molar-refractivity contribution in [3.63, 3.8) is 0 Å². The molecule has 2 aromatic carbocycles. The number of benzene rings is 2. The Kier molecular flexibility index (Phi) is 5.61. The van der Waals surface area contributed by atoms with Crippen LogP contribution in [0.25, 0.3) is 22.2 Å². The molecule has 33 heavy (non-hydrogen) atoms. The molecular weight excluding hydrogens is 433 g/mol. The largest absolute Gasteiger partial charge is 0.494 e. The van der Waals surface area contributed by atoms with Crippen molar-refractivity contribution in [2.45, 2.75) is 0 Å². The molecule has 0 radical (unpaired) electrons. The van der Waals surface area contributed by atoms with Crippen molar-refractivity contribution in [1.29, 1.82) is 0 Å². The summed E-state index contributed by atoms with van der Waals surface area (Å²) in [5.74, 6) is -1.63. The van der Waals surface area contributed by atoms with Crippen molar-refractivity contribution in [3.8, 4) is 17.0 Å². The summed E-state index contributed by atoms with van der Waals surface area (Å²) in [5.41, 5.74) is 1.37. The van der Waals surface area contributed by atoms with E-state index in [9.17, 15) is 19.3 Å². The molecule has 0 unspecified atom stereocenters. The minimum absolute atomic E-state index is 0.0183. The molecule has 0 amide bonds. The monoisotopic (exact) mass is 451 g/mol. The Labute approximate surface area is 186 Å². The molecule has 10 nitrogen and oxygen atoms in total. The summed E-state index contributed by atoms with van der Waals surface area (Å²) in [4.78, 5) is 31.4. The van der Waals surface area contributed by atoms with Gasteiger partial charge in [-0.25, -0.2) is 14.8 Å². The van der Waals surface area contributed by atoms with E-state index in [1.165, 1.54) is 20.4 Å². The van der Waals surface area contributed by atoms with E-state index in [1.807, 2.05) is 42.1 Å². The average molecular weight is 451 g/mol. The maximum Gasteiger partial charge on any atom is 0.341 e. The van der Waals surface area contributed by atoms with Crippen LogP contribution in [0.2, 0.25) is 0 Å². The Morgan fingerprint density at radius 1 is 1.24 bits per heavy atom. The number of anilines is 2. The summed E-state index contributed by atoms with van der Waals surface area (Å²) in [7, 11) is 4.42. The Balaban J connectivity index is 1.87. The lowest BCUT2D eigenvalue weighted by atomic mass is 10.1. The minimum atomic E-state index is -1.04. The molecule has 11 heteroatoms. The lowest BCUT2D eigenvalue weighted by molar-refractivity contribution is -0.387. The number of methoxy groups -OCH3 is 2. The number of esters is 1. The van der Waals surface area contributed by atoms with Gasteiger partial charge < -0.3 is 19.4 Å². The van der Waals surface area contributed by atoms with Crippen LogP contribution in [0.1, 0.15) is 10.4 Å². The van der Waals surface area contributed by atoms with Gasteiger partial charge >= 0.3 is 11.7 Å². The summed E-state index contributed by atoms with van der Waals surface area (Å²) in [6, 6.07) is 9.48. The topological polar surface area (TPSA) is 121 Å². The molecule has 0 atom stereocenters. The molecule has 0 spiro atoms. The first-order chi connectivity index (χ1) is 15.8. The summed E-state index contributed by atoms with van der Waals surface area (Å²) in [6.07, 6.45) is 3.12. The molecule has 0 aliphatic carbocycles. The lowest BCUT2D eigenvalue weighted by Gasteiger charge is -2.12. The number of para-hydroxylation sites is 1. The van der Waals surface area contributed by atoms with Gasteiger partial charge in [-0.3, -0.25) is 10.1 Å². The molecule has 0 bridgehead atoms. The van der Waals surface area contributed by atoms with Crippen LogP contribution in [0.3, 0.4) is 0 Å². The highest BCUT2D eigenvalue weighted by molar-refractivity contribution is 6.02. The van der Waals surface area contributed by atoms with E-state index in [-0.39, 0.29) is 22.9 Å². The smallest absolute Gasteiger partial charge is 0.341 e. The van der Waals surface area contributed by atoms with Gasteiger partial charge in [0.1, 0.15) is 11.3 Å². The van der Waals surface area contributed by atoms with Gasteiger partial charge in [0.25, 0.3) is 0 Å². The average Bonchev–Trinajstić information content (AvgIpc) is 3.15. The van der Waals surface area contributed by atoms with Crippen LogP contribution in [-0.2, 0) is 11.8 Å². The zero-order valence-electron chi connectivity index (χ0n) is 17.8. The summed E-state index contributed by atoms with van der Waals surface area (Å²) in [5, 5.41) is 14.8. The quantitative estimate of drug-likeness (QED) is 0.263. The number of hydrogen-bond donors (Lipinski definition) is 1. The van der Waals surface area contributed by atoms with Gasteiger partial charge in [0.2, 0.25) is 11.8 Å². The first-order valence-electron chi connectivity index (χ1n) is 9.62. The predicted octanol–water partition coefficient (Wildman–Crippen LogP) is 4.22. The molecule has 2 aromatic heterocycles. The standard InChI is InChI=1S/C22H18FN5O5/c1-27-11-14(12-6-4-5-7-17(12)27)20-13(21(29)33-3)10-24-22(26-20)25-16-9-18(28(30)31)15(23)8-19(16)32-2/h4-11H,1-3H3,(H,24,25,26). The number of carbonyl (C=O) groups is 1. The molecule has 168 valence electrons. The lowest BCUT2D eigenvalue weighted by Crippen LogP contribution is -2.09. The molecular formula is C22H18FN5O5. The zero-order valence-corrected chi connectivity index (χ0v) is 17.8. The maximum atomic E-state index is 14.0. The van der Waals surface area contributed by atoms with Crippen molar-refractivity contribution in [2.75, 3.05) is 19.5 Å². The Hall–Kier alpha value is -4.54. The predicted molar refractivity (Wildman–Crippen MR) is 118 cm³/mol. The fourth-order valence-corrected chi connectivity index (χ4v) is 3.51. The van der Waals surface area contributed by atoms with Gasteiger partial charge in [-0.1, -0.05) is 18.2 Å². The number of ether oxygens (including phenoxy) is 2. The summed E-state index contributed by atoms with van der Waals surface area (Å²) >= 11 is 0. The van der Waals surface area contributed by atoms with Crippen LogP contribution in [0, 0.1) is 15.9 Å². The van der Waals surface area contributed by atoms with E-state index < -0.39 is 22.4 Å². The summed E-state index contributed by atoms with van der Waals surface area (Å²) in [6.45, 7) is 0. The normalized spacial score (nSPS) is 10.8. The number of aryl methyl sites for hydroxylation is 1. The van der Waals surface area contributed by atoms with Crippen molar-refractivity contribution in [1.82, 2.24) is 14.5 Å². The highest BCUT2D eigenvalue weighted by Crippen LogP contribution is 2.35. The molecule has 0 fully saturated rings. The first kappa shape index (κ1) is 21.7. The van der Waals surface area contributed by atoms with Crippen LogP contribution in [0.4, 0.5) is 21.7 Å². The molecule has 0 saturated heterocycles. The van der Waals surface area contributed by atoms with Crippen molar-refractivity contribution < 1.29 is 23.6 Å². The second-order valence-corrected chi connectivity index (χ2v) is 7.00. The third-order valence-corrected chi connectivity index (χ3v) is 5.06. The van der Waals surface area contributed by atoms with Gasteiger partial charge in [-0.2, -0.15) is 4.39 Å². The van der Waals surface area contributed by atoms with Crippen LogP contribution in [0.5, 0.6) is 5.75 Å². The van der Waals surface area contributed by atoms with Gasteiger partial charge in [0.05, 0.1) is 30.5 Å². The minimum Gasteiger partial charge on any atom is -0.494 e. The SMILES string of the molecule is COC(=O)c1cnc(Nc2cc([N+](=O)[O-])c(F)cc2OC)nc1-c1cn(C)c2ccccc12. The van der Waals surface area contributed by atoms with Crippen LogP contribution >= 0.6 is 0 Å². The highest BCUT2D eigenvalue weighted by Gasteiger charge is 2.22. The van der Waals surface area contributed by atoms with Crippen LogP contribution < -0.4 is 10.1 Å². The Bertz CT molecular complexity index is 1400. The van der Waals surface area contributed by atoms with E-state index in [0.717, 1.165) is 23.0 Å². The molecule has 2 heterocycles. The number of aromatic nitrogens is 3. The number of hydrogen-bond acceptors (Lipinski definition) is 8. The number of nitrogens with zero attached hydrogens (tertiary/aromatic N) is 4. The molecule has 4 aromatic rings. The number of nitro benzene ring substituents is 1. The zero-order chi connectivity index (χ0) is 23.7. The highest BCUT2D eigenvalue weighted by atomic mass is 19.1. The first-order valence-corrected chi connectivity index (χ1v) is 9.62. The third-order valence-electron chi connectivity index (χ3n) is 5.06. The second kappa shape index (κ2) is 8.54. The fourth-order valence-electron chi connectivity index (χ4n) is 3.51. The van der Waals surface area contributed by atoms with Crippen molar-refractivity contribution >= 4 is 34.2 Å². The number of halogens is 1. The maximum absolute atomic E-state index is 14.0. The van der Waals surface area contributed by atoms with Crippen molar-refractivity contribution in [3.05, 3.63) is 70.3 Å². The third kappa shape index (κ3) is 3.91. The van der Waals surface area contributed by atoms with Gasteiger partial charge in [0, 0.05) is 48.0 Å². The van der Waals surface area contributed by atoms with Crippen molar-refractivity contribution in [2.24, 2.45) is 7.05 Å². The van der Waals surface area contributed by atoms with Gasteiger partial charge in [-0.15, -0.1) is 0 Å². The summed E-state index contributed by atoms with van der Waals surface area (Å²) < 4.78 is 25.9. The molecule has 4 rings (SSSR count). The number of rotatable bonds is 6. The van der Waals surface area contributed by atoms with Crippen LogP contribution in [-0.4, -0.2) is 39.6 Å². The van der Waals surface area contributed by atoms with E-state index in [0.29, 0.717) is 11.3 Å². The molecule has 0 aliphatic rings. The van der Waals surface area contributed by atoms with E-state index >= 15 is 0 Å². The molecule has 0 aliphatic heterocycles. The van der Waals surface area contributed by atoms with Crippen LogP contribution in [0.15, 0.2) is 48.8 Å². The number of carbonyl (C=O) groups excluding carboxylic acids is 1. The fraction of sp³-hybridized carbons (Fsp3) is 0.136. The van der Waals surface area contributed by atoms with E-state index in [1.54, 1.807) is 0 Å². The molecule has 0 saturated carbocycles. The Morgan fingerprint density at radius 2 is 2.00 bits per heavy atom. The number of nitrogens with one attached hydrogen (secondary N) is 1. The van der Waals surface area contributed by atoms with E-state index in [2.05, 4.69) is 15.3 Å². The van der Waals surface area contributed by atoms with Gasteiger partial charge in [0.15, 0.2) is 0 Å². The van der Waals surface area contributed by atoms with Gasteiger partial charge in [-0.05, 0) is 6.07 Å². The second-order valence-electron chi connectivity index (χ2n) is 7.00. The van der Waals surface area contributed by atoms with E-state index in [4.69, 9.17) is 9.47 Å². The Morgan fingerprint density at radius 3 is 2.70 bits per heavy atom. The number of fused-ring (bicyclic) bond motifs is 1.